The number of carbonyl (C=O) groups is 1. The van der Waals surface area contributed by atoms with Crippen LogP contribution in [0.25, 0.3) is 11.6 Å². The highest BCUT2D eigenvalue weighted by atomic mass is 32.2. The molecule has 1 aromatic carbocycles. The fourth-order valence-electron chi connectivity index (χ4n) is 2.40. The van der Waals surface area contributed by atoms with Crippen LogP contribution in [0.15, 0.2) is 46.2 Å². The third kappa shape index (κ3) is 3.75. The summed E-state index contributed by atoms with van der Waals surface area (Å²) in [6.45, 7) is 3.78. The Balaban J connectivity index is 1.71. The molecular formula is C18H20N4O3S. The zero-order valence-electron chi connectivity index (χ0n) is 15.0. The van der Waals surface area contributed by atoms with E-state index in [0.29, 0.717) is 28.2 Å². The smallest absolute Gasteiger partial charge is 0.237 e. The van der Waals surface area contributed by atoms with E-state index in [0.717, 1.165) is 5.56 Å². The van der Waals surface area contributed by atoms with Gasteiger partial charge in [0.15, 0.2) is 16.7 Å². The molecule has 3 aromatic rings. The molecule has 0 radical (unpaired) electrons. The predicted octanol–water partition coefficient (Wildman–Crippen LogP) is 3.51. The number of thioether (sulfide) groups is 1. The lowest BCUT2D eigenvalue weighted by Crippen LogP contribution is -2.23. The summed E-state index contributed by atoms with van der Waals surface area (Å²) in [6.07, 6.45) is 1.59. The molecule has 2 aromatic heterocycles. The summed E-state index contributed by atoms with van der Waals surface area (Å²) in [6, 6.07) is 9.26. The number of anilines is 1. The minimum Gasteiger partial charge on any atom is -0.495 e. The van der Waals surface area contributed by atoms with Crippen LogP contribution in [0.2, 0.25) is 0 Å². The molecule has 2 heterocycles. The first-order valence-corrected chi connectivity index (χ1v) is 8.93. The van der Waals surface area contributed by atoms with E-state index in [1.165, 1.54) is 11.8 Å². The molecule has 7 nitrogen and oxygen atoms in total. The minimum absolute atomic E-state index is 0.138. The van der Waals surface area contributed by atoms with Crippen LogP contribution in [0.1, 0.15) is 12.5 Å². The molecule has 0 saturated carbocycles. The van der Waals surface area contributed by atoms with Crippen LogP contribution in [0.4, 0.5) is 5.69 Å². The Morgan fingerprint density at radius 3 is 2.85 bits per heavy atom. The quantitative estimate of drug-likeness (QED) is 0.667. The first kappa shape index (κ1) is 18.1. The van der Waals surface area contributed by atoms with Crippen LogP contribution in [-0.2, 0) is 11.8 Å². The van der Waals surface area contributed by atoms with Crippen molar-refractivity contribution in [3.63, 3.8) is 0 Å². The van der Waals surface area contributed by atoms with Crippen molar-refractivity contribution in [3.8, 4) is 17.3 Å². The Morgan fingerprint density at radius 2 is 2.15 bits per heavy atom. The van der Waals surface area contributed by atoms with Gasteiger partial charge in [0.1, 0.15) is 5.75 Å². The predicted molar refractivity (Wildman–Crippen MR) is 100 cm³/mol. The summed E-state index contributed by atoms with van der Waals surface area (Å²) in [5.74, 6) is 1.74. The van der Waals surface area contributed by atoms with Crippen LogP contribution in [0, 0.1) is 6.92 Å². The highest BCUT2D eigenvalue weighted by Crippen LogP contribution is 2.29. The van der Waals surface area contributed by atoms with Gasteiger partial charge in [-0.3, -0.25) is 4.79 Å². The van der Waals surface area contributed by atoms with E-state index in [1.807, 2.05) is 45.2 Å². The fraction of sp³-hybridized carbons (Fsp3) is 0.278. The molecule has 1 amide bonds. The number of benzene rings is 1. The Hall–Kier alpha value is -2.74. The first-order chi connectivity index (χ1) is 12.5. The molecule has 0 fully saturated rings. The van der Waals surface area contributed by atoms with E-state index >= 15 is 0 Å². The third-order valence-electron chi connectivity index (χ3n) is 3.84. The maximum atomic E-state index is 12.6. The van der Waals surface area contributed by atoms with Gasteiger partial charge >= 0.3 is 0 Å². The summed E-state index contributed by atoms with van der Waals surface area (Å²) in [7, 11) is 3.42. The largest absolute Gasteiger partial charge is 0.495 e. The molecule has 8 heteroatoms. The van der Waals surface area contributed by atoms with Gasteiger partial charge in [-0.05, 0) is 43.7 Å². The molecule has 0 bridgehead atoms. The lowest BCUT2D eigenvalue weighted by atomic mass is 10.2. The molecule has 0 saturated heterocycles. The van der Waals surface area contributed by atoms with Crippen molar-refractivity contribution in [1.29, 1.82) is 0 Å². The zero-order valence-corrected chi connectivity index (χ0v) is 15.8. The Morgan fingerprint density at radius 1 is 1.35 bits per heavy atom. The Labute approximate surface area is 155 Å². The van der Waals surface area contributed by atoms with Crippen LogP contribution in [0.5, 0.6) is 5.75 Å². The van der Waals surface area contributed by atoms with Crippen molar-refractivity contribution in [2.45, 2.75) is 24.3 Å². The van der Waals surface area contributed by atoms with Crippen molar-refractivity contribution in [2.24, 2.45) is 7.05 Å². The summed E-state index contributed by atoms with van der Waals surface area (Å²) in [5.41, 5.74) is 1.69. The second-order valence-corrected chi connectivity index (χ2v) is 7.10. The SMILES string of the molecule is COc1ccc(C)cc1NC(=O)[C@H](C)Sc1nnc(-c2ccco2)n1C. The molecule has 0 spiro atoms. The van der Waals surface area contributed by atoms with E-state index in [9.17, 15) is 4.79 Å². The van der Waals surface area contributed by atoms with Gasteiger partial charge in [0.05, 0.1) is 24.3 Å². The summed E-state index contributed by atoms with van der Waals surface area (Å²) in [4.78, 5) is 12.6. The van der Waals surface area contributed by atoms with Crippen LogP contribution in [0.3, 0.4) is 0 Å². The van der Waals surface area contributed by atoms with E-state index in [4.69, 9.17) is 9.15 Å². The van der Waals surface area contributed by atoms with Crippen molar-refractivity contribution in [2.75, 3.05) is 12.4 Å². The second kappa shape index (κ2) is 7.65. The van der Waals surface area contributed by atoms with E-state index < -0.39 is 0 Å². The molecule has 26 heavy (non-hydrogen) atoms. The highest BCUT2D eigenvalue weighted by molar-refractivity contribution is 8.00. The van der Waals surface area contributed by atoms with Gasteiger partial charge in [-0.15, -0.1) is 10.2 Å². The lowest BCUT2D eigenvalue weighted by Gasteiger charge is -2.14. The molecule has 0 aliphatic carbocycles. The van der Waals surface area contributed by atoms with Crippen LogP contribution in [-0.4, -0.2) is 33.0 Å². The number of methoxy groups -OCH3 is 1. The highest BCUT2D eigenvalue weighted by Gasteiger charge is 2.21. The molecule has 3 rings (SSSR count). The number of aryl methyl sites for hydroxylation is 1. The van der Waals surface area contributed by atoms with Gasteiger partial charge in [-0.2, -0.15) is 0 Å². The number of carbonyl (C=O) groups excluding carboxylic acids is 1. The average molecular weight is 372 g/mol. The molecule has 1 atom stereocenters. The van der Waals surface area contributed by atoms with Crippen molar-refractivity contribution < 1.29 is 13.9 Å². The van der Waals surface area contributed by atoms with Crippen molar-refractivity contribution in [1.82, 2.24) is 14.8 Å². The average Bonchev–Trinajstić information content (AvgIpc) is 3.25. The maximum Gasteiger partial charge on any atom is 0.237 e. The number of nitrogens with zero attached hydrogens (tertiary/aromatic N) is 3. The molecule has 0 aliphatic rings. The molecule has 136 valence electrons. The number of furan rings is 1. The van der Waals surface area contributed by atoms with Gasteiger partial charge in [0.2, 0.25) is 5.91 Å². The van der Waals surface area contributed by atoms with Gasteiger partial charge in [-0.25, -0.2) is 0 Å². The molecule has 0 unspecified atom stereocenters. The third-order valence-corrected chi connectivity index (χ3v) is 4.97. The minimum atomic E-state index is -0.368. The topological polar surface area (TPSA) is 82.2 Å². The number of ether oxygens (including phenoxy) is 1. The number of hydrogen-bond acceptors (Lipinski definition) is 6. The number of amides is 1. The normalized spacial score (nSPS) is 12.0. The van der Waals surface area contributed by atoms with E-state index in [2.05, 4.69) is 15.5 Å². The number of rotatable bonds is 6. The Kier molecular flexibility index (Phi) is 5.32. The van der Waals surface area contributed by atoms with Crippen LogP contribution < -0.4 is 10.1 Å². The first-order valence-electron chi connectivity index (χ1n) is 8.05. The molecular weight excluding hydrogens is 352 g/mol. The van der Waals surface area contributed by atoms with Gasteiger partial charge < -0.3 is 19.0 Å². The number of nitrogens with one attached hydrogen (secondary N) is 1. The molecule has 0 aliphatic heterocycles. The summed E-state index contributed by atoms with van der Waals surface area (Å²) >= 11 is 1.33. The fourth-order valence-corrected chi connectivity index (χ4v) is 3.22. The van der Waals surface area contributed by atoms with Crippen molar-refractivity contribution >= 4 is 23.4 Å². The van der Waals surface area contributed by atoms with Crippen LogP contribution >= 0.6 is 11.8 Å². The standard InChI is InChI=1S/C18H20N4O3S/c1-11-7-8-14(24-4)13(10-11)19-17(23)12(2)26-18-21-20-16(22(18)3)15-6-5-9-25-15/h5-10,12H,1-4H3,(H,19,23)/t12-/m0/s1. The van der Waals surface area contributed by atoms with Gasteiger partial charge in [0, 0.05) is 7.05 Å². The van der Waals surface area contributed by atoms with Gasteiger partial charge in [-0.1, -0.05) is 17.8 Å². The zero-order chi connectivity index (χ0) is 18.7. The van der Waals surface area contributed by atoms with Gasteiger partial charge in [0.25, 0.3) is 0 Å². The monoisotopic (exact) mass is 372 g/mol. The number of aromatic nitrogens is 3. The lowest BCUT2D eigenvalue weighted by molar-refractivity contribution is -0.115. The Bertz CT molecular complexity index is 905. The summed E-state index contributed by atoms with van der Waals surface area (Å²) < 4.78 is 12.5. The van der Waals surface area contributed by atoms with Crippen molar-refractivity contribution in [3.05, 3.63) is 42.2 Å². The van der Waals surface area contributed by atoms with E-state index in [1.54, 1.807) is 24.0 Å². The maximum absolute atomic E-state index is 12.6. The van der Waals surface area contributed by atoms with E-state index in [-0.39, 0.29) is 11.2 Å². The molecule has 1 N–H and O–H groups in total. The second-order valence-electron chi connectivity index (χ2n) is 5.80. The number of hydrogen-bond donors (Lipinski definition) is 1. The summed E-state index contributed by atoms with van der Waals surface area (Å²) in [5, 5.41) is 11.5.